The molecule has 2 aromatic carbocycles. The average Bonchev–Trinajstić information content (AvgIpc) is 3.12. The predicted octanol–water partition coefficient (Wildman–Crippen LogP) is 4.67. The van der Waals surface area contributed by atoms with Crippen molar-refractivity contribution < 1.29 is 0 Å². The van der Waals surface area contributed by atoms with Gasteiger partial charge in [0.15, 0.2) is 0 Å². The number of fused-ring (bicyclic) bond motifs is 1. The number of aromatic amines is 1. The van der Waals surface area contributed by atoms with Gasteiger partial charge in [0.25, 0.3) is 10.9 Å². The summed E-state index contributed by atoms with van der Waals surface area (Å²) < 4.78 is 0. The van der Waals surface area contributed by atoms with Crippen LogP contribution in [0.1, 0.15) is 51.9 Å². The van der Waals surface area contributed by atoms with Crippen LogP contribution in [0, 0.1) is 5.92 Å². The fraction of sp³-hybridized carbons (Fsp3) is 0.455. The van der Waals surface area contributed by atoms with E-state index in [0.717, 1.165) is 35.3 Å². The lowest BCUT2D eigenvalue weighted by molar-refractivity contribution is 0.314. The molecule has 0 amide bonds. The van der Waals surface area contributed by atoms with Gasteiger partial charge in [0.2, 0.25) is 0 Å². The molecule has 0 radical (unpaired) electrons. The Bertz CT molecular complexity index is 989. The lowest BCUT2D eigenvalue weighted by Gasteiger charge is -2.30. The predicted molar refractivity (Wildman–Crippen MR) is 112 cm³/mol. The number of H-pyrrole nitrogens is 1. The molecule has 27 heavy (non-hydrogen) atoms. The molecule has 0 spiro atoms. The second kappa shape index (κ2) is 7.59. The number of rotatable bonds is 7. The Labute approximate surface area is 158 Å². The van der Waals surface area contributed by atoms with E-state index in [1.165, 1.54) is 32.1 Å². The molecular weight excluding hydrogens is 338 g/mol. The largest absolute Gasteiger partial charge is 0.377 e. The van der Waals surface area contributed by atoms with Crippen molar-refractivity contribution in [3.63, 3.8) is 0 Å². The first-order valence-electron chi connectivity index (χ1n) is 10.1. The number of unbranched alkanes of at least 4 members (excludes halogenated alkanes) is 1. The van der Waals surface area contributed by atoms with Gasteiger partial charge in [-0.3, -0.25) is 9.59 Å². The molecule has 4 rings (SSSR count). The fourth-order valence-electron chi connectivity index (χ4n) is 4.25. The second-order valence-corrected chi connectivity index (χ2v) is 7.79. The van der Waals surface area contributed by atoms with Crippen molar-refractivity contribution in [2.45, 2.75) is 57.9 Å². The lowest BCUT2D eigenvalue weighted by Crippen LogP contribution is -2.39. The molecule has 0 bridgehead atoms. The summed E-state index contributed by atoms with van der Waals surface area (Å²) in [5, 5.41) is 7.54. The van der Waals surface area contributed by atoms with Gasteiger partial charge in [0.1, 0.15) is 11.4 Å². The van der Waals surface area contributed by atoms with Crippen molar-refractivity contribution in [3.8, 4) is 0 Å². The van der Waals surface area contributed by atoms with Crippen LogP contribution in [0.4, 0.5) is 17.1 Å². The van der Waals surface area contributed by atoms with E-state index < -0.39 is 10.9 Å². The van der Waals surface area contributed by atoms with Crippen LogP contribution in [-0.2, 0) is 0 Å². The second-order valence-electron chi connectivity index (χ2n) is 7.79. The summed E-state index contributed by atoms with van der Waals surface area (Å²) in [5.41, 5.74) is 1.85. The minimum absolute atomic E-state index is 0.287. The number of para-hydroxylation sites is 1. The van der Waals surface area contributed by atoms with Gasteiger partial charge in [-0.25, -0.2) is 0 Å². The van der Waals surface area contributed by atoms with E-state index in [0.29, 0.717) is 11.4 Å². The summed E-state index contributed by atoms with van der Waals surface area (Å²) in [5.74, 6) is 0.819. The van der Waals surface area contributed by atoms with Gasteiger partial charge in [0.05, 0.1) is 5.69 Å². The summed E-state index contributed by atoms with van der Waals surface area (Å²) in [6, 6.07) is 8.18. The molecule has 1 aliphatic rings. The van der Waals surface area contributed by atoms with Crippen LogP contribution in [0.2, 0.25) is 0 Å². The summed E-state index contributed by atoms with van der Waals surface area (Å²) in [6.45, 7) is 2.24. The monoisotopic (exact) mass is 365 g/mol. The molecule has 5 heteroatoms. The van der Waals surface area contributed by atoms with E-state index in [-0.39, 0.29) is 6.04 Å². The Morgan fingerprint density at radius 1 is 1.04 bits per heavy atom. The zero-order chi connectivity index (χ0) is 18.8. The van der Waals surface area contributed by atoms with Gasteiger partial charge >= 0.3 is 0 Å². The Morgan fingerprint density at radius 3 is 2.56 bits per heavy atom. The highest BCUT2D eigenvalue weighted by Gasteiger charge is 2.27. The van der Waals surface area contributed by atoms with Crippen molar-refractivity contribution >= 4 is 28.0 Å². The van der Waals surface area contributed by atoms with Gasteiger partial charge in [-0.2, -0.15) is 0 Å². The molecule has 1 fully saturated rings. The molecule has 1 aliphatic carbocycles. The van der Waals surface area contributed by atoms with E-state index in [4.69, 9.17) is 0 Å². The number of nitrogens with one attached hydrogen (secondary N) is 3. The van der Waals surface area contributed by atoms with Crippen LogP contribution in [0.3, 0.4) is 0 Å². The molecule has 0 atom stereocenters. The number of aromatic nitrogens is 1. The van der Waals surface area contributed by atoms with E-state index in [1.54, 1.807) is 0 Å². The van der Waals surface area contributed by atoms with Crippen LogP contribution in [0.15, 0.2) is 40.1 Å². The Kier molecular flexibility index (Phi) is 5.01. The maximum absolute atomic E-state index is 12.1. The first-order valence-corrected chi connectivity index (χ1v) is 10.1. The number of anilines is 3. The molecule has 3 N–H and O–H groups in total. The number of hydrogen-bond donors (Lipinski definition) is 3. The van der Waals surface area contributed by atoms with Crippen LogP contribution in [-0.4, -0.2) is 11.0 Å². The SMILES string of the molecule is CCCCC1CCC(Nc2c(Nc3c[nH]c4ccccc34)c(=O)c2=O)CC1. The molecule has 0 saturated heterocycles. The highest BCUT2D eigenvalue weighted by atomic mass is 16.2. The first kappa shape index (κ1) is 17.8. The third-order valence-corrected chi connectivity index (χ3v) is 5.92. The van der Waals surface area contributed by atoms with Crippen LogP contribution in [0.5, 0.6) is 0 Å². The lowest BCUT2D eigenvalue weighted by atomic mass is 9.83. The normalized spacial score (nSPS) is 20.2. The average molecular weight is 365 g/mol. The smallest absolute Gasteiger partial charge is 0.253 e. The summed E-state index contributed by atoms with van der Waals surface area (Å²) in [4.78, 5) is 27.4. The van der Waals surface area contributed by atoms with Crippen molar-refractivity contribution in [1.82, 2.24) is 4.98 Å². The van der Waals surface area contributed by atoms with E-state index >= 15 is 0 Å². The molecule has 5 nitrogen and oxygen atoms in total. The van der Waals surface area contributed by atoms with Gasteiger partial charge < -0.3 is 15.6 Å². The highest BCUT2D eigenvalue weighted by molar-refractivity contribution is 5.95. The summed E-state index contributed by atoms with van der Waals surface area (Å²) >= 11 is 0. The van der Waals surface area contributed by atoms with E-state index in [2.05, 4.69) is 22.5 Å². The third kappa shape index (κ3) is 3.51. The number of benzene rings is 1. The Balaban J connectivity index is 1.44. The van der Waals surface area contributed by atoms with Crippen molar-refractivity contribution in [2.75, 3.05) is 10.6 Å². The maximum Gasteiger partial charge on any atom is 0.253 e. The van der Waals surface area contributed by atoms with Crippen molar-refractivity contribution in [2.24, 2.45) is 5.92 Å². The Hall–Kier alpha value is -2.56. The van der Waals surface area contributed by atoms with Gasteiger partial charge in [0, 0.05) is 23.1 Å². The molecule has 0 aliphatic heterocycles. The van der Waals surface area contributed by atoms with Crippen molar-refractivity contribution in [1.29, 1.82) is 0 Å². The minimum Gasteiger partial charge on any atom is -0.377 e. The first-order chi connectivity index (χ1) is 13.2. The zero-order valence-corrected chi connectivity index (χ0v) is 15.8. The quantitative estimate of drug-likeness (QED) is 0.532. The van der Waals surface area contributed by atoms with Gasteiger partial charge in [-0.15, -0.1) is 0 Å². The fourth-order valence-corrected chi connectivity index (χ4v) is 4.25. The topological polar surface area (TPSA) is 74.0 Å². The van der Waals surface area contributed by atoms with Gasteiger partial charge in [-0.05, 0) is 37.7 Å². The summed E-state index contributed by atoms with van der Waals surface area (Å²) in [6.07, 6.45) is 10.3. The minimum atomic E-state index is -0.431. The third-order valence-electron chi connectivity index (χ3n) is 5.92. The molecule has 142 valence electrons. The van der Waals surface area contributed by atoms with E-state index in [9.17, 15) is 9.59 Å². The van der Waals surface area contributed by atoms with Gasteiger partial charge in [-0.1, -0.05) is 44.4 Å². The molecule has 1 saturated carbocycles. The molecular formula is C22H27N3O2. The molecule has 3 aromatic rings. The maximum atomic E-state index is 12.1. The van der Waals surface area contributed by atoms with E-state index in [1.807, 2.05) is 30.5 Å². The Morgan fingerprint density at radius 2 is 1.78 bits per heavy atom. The molecule has 0 unspecified atom stereocenters. The number of hydrogen-bond acceptors (Lipinski definition) is 4. The van der Waals surface area contributed by atoms with Crippen LogP contribution in [0.25, 0.3) is 10.9 Å². The van der Waals surface area contributed by atoms with Crippen LogP contribution < -0.4 is 21.5 Å². The highest BCUT2D eigenvalue weighted by Crippen LogP contribution is 2.32. The summed E-state index contributed by atoms with van der Waals surface area (Å²) in [7, 11) is 0. The van der Waals surface area contributed by atoms with Crippen molar-refractivity contribution in [3.05, 3.63) is 50.9 Å². The zero-order valence-electron chi connectivity index (χ0n) is 15.8. The van der Waals surface area contributed by atoms with Crippen LogP contribution >= 0.6 is 0 Å². The standard InChI is InChI=1S/C22H27N3O2/c1-2-3-6-14-9-11-15(12-10-14)24-19-20(22(27)21(19)26)25-18-13-23-17-8-5-4-7-16(17)18/h4-5,7-8,13-15,23-25H,2-3,6,9-12H2,1H3. The molecule has 1 heterocycles. The molecule has 1 aromatic heterocycles.